The van der Waals surface area contributed by atoms with Gasteiger partial charge >= 0.3 is 0 Å². The van der Waals surface area contributed by atoms with Crippen molar-refractivity contribution in [3.8, 4) is 0 Å². The first-order valence-electron chi connectivity index (χ1n) is 5.18. The van der Waals surface area contributed by atoms with Crippen LogP contribution in [0, 0.1) is 0 Å². The Morgan fingerprint density at radius 3 is 2.40 bits per heavy atom. The van der Waals surface area contributed by atoms with Crippen molar-refractivity contribution >= 4 is 5.91 Å². The molecular formula is C12H17NO2. The lowest BCUT2D eigenvalue weighted by Gasteiger charge is -2.04. The lowest BCUT2D eigenvalue weighted by molar-refractivity contribution is -0.132. The minimum Gasteiger partial charge on any atom is -0.273 e. The van der Waals surface area contributed by atoms with E-state index in [0.29, 0.717) is 6.61 Å². The van der Waals surface area contributed by atoms with Gasteiger partial charge in [0.25, 0.3) is 0 Å². The zero-order chi connectivity index (χ0) is 11.1. The van der Waals surface area contributed by atoms with Crippen LogP contribution >= 0.6 is 0 Å². The Morgan fingerprint density at radius 2 is 1.87 bits per heavy atom. The number of hydrogen-bond acceptors (Lipinski definition) is 2. The van der Waals surface area contributed by atoms with Gasteiger partial charge in [0.05, 0.1) is 6.61 Å². The molecule has 0 fully saturated rings. The third-order valence-corrected chi connectivity index (χ3v) is 2.02. The fourth-order valence-corrected chi connectivity index (χ4v) is 1.31. The average Bonchev–Trinajstić information content (AvgIpc) is 2.20. The van der Waals surface area contributed by atoms with Gasteiger partial charge in [-0.25, -0.2) is 5.48 Å². The summed E-state index contributed by atoms with van der Waals surface area (Å²) in [6, 6.07) is 8.23. The van der Waals surface area contributed by atoms with E-state index in [2.05, 4.69) is 24.5 Å². The van der Waals surface area contributed by atoms with Gasteiger partial charge in [-0.05, 0) is 17.5 Å². The second-order valence-electron chi connectivity index (χ2n) is 3.51. The van der Waals surface area contributed by atoms with Crippen LogP contribution in [-0.4, -0.2) is 5.91 Å². The summed E-state index contributed by atoms with van der Waals surface area (Å²) in [5.41, 5.74) is 4.69. The van der Waals surface area contributed by atoms with E-state index in [1.807, 2.05) is 12.1 Å². The molecule has 0 aliphatic rings. The number of aryl methyl sites for hydroxylation is 1. The Hall–Kier alpha value is -1.35. The highest BCUT2D eigenvalue weighted by molar-refractivity contribution is 5.71. The maximum absolute atomic E-state index is 10.5. The predicted molar refractivity (Wildman–Crippen MR) is 59.0 cm³/mol. The van der Waals surface area contributed by atoms with Crippen LogP contribution in [-0.2, 0) is 22.7 Å². The van der Waals surface area contributed by atoms with Crippen molar-refractivity contribution in [1.82, 2.24) is 5.48 Å². The summed E-state index contributed by atoms with van der Waals surface area (Å²) >= 11 is 0. The van der Waals surface area contributed by atoms with Crippen LogP contribution in [0.2, 0.25) is 0 Å². The molecule has 1 amide bonds. The smallest absolute Gasteiger partial charge is 0.240 e. The Labute approximate surface area is 90.4 Å². The van der Waals surface area contributed by atoms with Crippen molar-refractivity contribution in [3.05, 3.63) is 35.4 Å². The summed E-state index contributed by atoms with van der Waals surface area (Å²) in [5, 5.41) is 0. The molecule has 1 aromatic rings. The Balaban J connectivity index is 2.39. The van der Waals surface area contributed by atoms with Gasteiger partial charge in [0, 0.05) is 6.92 Å². The highest BCUT2D eigenvalue weighted by Crippen LogP contribution is 2.07. The number of amides is 1. The topological polar surface area (TPSA) is 38.3 Å². The van der Waals surface area contributed by atoms with Gasteiger partial charge < -0.3 is 0 Å². The predicted octanol–water partition coefficient (Wildman–Crippen LogP) is 2.21. The summed E-state index contributed by atoms with van der Waals surface area (Å²) in [7, 11) is 0. The third kappa shape index (κ3) is 4.61. The fraction of sp³-hybridized carbons (Fsp3) is 0.417. The first kappa shape index (κ1) is 11.7. The summed E-state index contributed by atoms with van der Waals surface area (Å²) in [5.74, 6) is -0.183. The van der Waals surface area contributed by atoms with Gasteiger partial charge in [0.1, 0.15) is 0 Å². The Bertz CT molecular complexity index is 306. The molecule has 0 radical (unpaired) electrons. The molecule has 0 unspecified atom stereocenters. The van der Waals surface area contributed by atoms with Crippen LogP contribution < -0.4 is 5.48 Å². The van der Waals surface area contributed by atoms with E-state index in [1.165, 1.54) is 12.5 Å². The van der Waals surface area contributed by atoms with Crippen LogP contribution in [0.5, 0.6) is 0 Å². The summed E-state index contributed by atoms with van der Waals surface area (Å²) in [6.07, 6.45) is 2.26. The fourth-order valence-electron chi connectivity index (χ4n) is 1.31. The van der Waals surface area contributed by atoms with E-state index in [4.69, 9.17) is 4.84 Å². The Kier molecular flexibility index (Phi) is 4.84. The molecular weight excluding hydrogens is 190 g/mol. The minimum absolute atomic E-state index is 0.183. The van der Waals surface area contributed by atoms with Gasteiger partial charge in [-0.3, -0.25) is 9.63 Å². The number of hydroxylamine groups is 1. The summed E-state index contributed by atoms with van der Waals surface area (Å²) < 4.78 is 0. The monoisotopic (exact) mass is 207 g/mol. The molecule has 1 rings (SSSR count). The van der Waals surface area contributed by atoms with E-state index < -0.39 is 0 Å². The van der Waals surface area contributed by atoms with Crippen molar-refractivity contribution in [1.29, 1.82) is 0 Å². The zero-order valence-corrected chi connectivity index (χ0v) is 9.25. The second kappa shape index (κ2) is 6.19. The van der Waals surface area contributed by atoms with Gasteiger partial charge in [-0.15, -0.1) is 0 Å². The number of carbonyl (C=O) groups is 1. The standard InChI is InChI=1S/C12H17NO2/c1-3-4-11-5-7-12(8-6-11)9-15-13-10(2)14/h5-8H,3-4,9H2,1-2H3,(H,13,14). The van der Waals surface area contributed by atoms with Crippen molar-refractivity contribution in [3.63, 3.8) is 0 Å². The molecule has 82 valence electrons. The molecule has 3 heteroatoms. The summed E-state index contributed by atoms with van der Waals surface area (Å²) in [6.45, 7) is 3.99. The van der Waals surface area contributed by atoms with Gasteiger partial charge in [-0.2, -0.15) is 0 Å². The number of benzene rings is 1. The molecule has 0 bridgehead atoms. The average molecular weight is 207 g/mol. The molecule has 0 spiro atoms. The largest absolute Gasteiger partial charge is 0.273 e. The molecule has 1 aromatic carbocycles. The molecule has 3 nitrogen and oxygen atoms in total. The maximum Gasteiger partial charge on any atom is 0.240 e. The van der Waals surface area contributed by atoms with E-state index in [-0.39, 0.29) is 5.91 Å². The highest BCUT2D eigenvalue weighted by atomic mass is 16.6. The number of carbonyl (C=O) groups excluding carboxylic acids is 1. The number of nitrogens with one attached hydrogen (secondary N) is 1. The van der Waals surface area contributed by atoms with Gasteiger partial charge in [-0.1, -0.05) is 37.6 Å². The highest BCUT2D eigenvalue weighted by Gasteiger charge is 1.95. The van der Waals surface area contributed by atoms with Crippen molar-refractivity contribution in [2.24, 2.45) is 0 Å². The molecule has 0 heterocycles. The third-order valence-electron chi connectivity index (χ3n) is 2.02. The lowest BCUT2D eigenvalue weighted by Crippen LogP contribution is -2.19. The lowest BCUT2D eigenvalue weighted by atomic mass is 10.1. The number of hydrogen-bond donors (Lipinski definition) is 1. The molecule has 15 heavy (non-hydrogen) atoms. The normalized spacial score (nSPS) is 10.0. The minimum atomic E-state index is -0.183. The van der Waals surface area contributed by atoms with Crippen molar-refractivity contribution in [2.75, 3.05) is 0 Å². The second-order valence-corrected chi connectivity index (χ2v) is 3.51. The van der Waals surface area contributed by atoms with Crippen LogP contribution in [0.25, 0.3) is 0 Å². The molecule has 0 saturated heterocycles. The SMILES string of the molecule is CCCc1ccc(CONC(C)=O)cc1. The molecule has 0 aliphatic carbocycles. The van der Waals surface area contributed by atoms with E-state index >= 15 is 0 Å². The molecule has 1 N–H and O–H groups in total. The molecule has 0 aliphatic heterocycles. The van der Waals surface area contributed by atoms with Crippen molar-refractivity contribution in [2.45, 2.75) is 33.3 Å². The maximum atomic E-state index is 10.5. The molecule has 0 atom stereocenters. The molecule has 0 aromatic heterocycles. The van der Waals surface area contributed by atoms with Gasteiger partial charge in [0.2, 0.25) is 5.91 Å². The van der Waals surface area contributed by atoms with Crippen molar-refractivity contribution < 1.29 is 9.63 Å². The first-order chi connectivity index (χ1) is 7.22. The van der Waals surface area contributed by atoms with Gasteiger partial charge in [0.15, 0.2) is 0 Å². The van der Waals surface area contributed by atoms with E-state index in [0.717, 1.165) is 18.4 Å². The van der Waals surface area contributed by atoms with E-state index in [1.54, 1.807) is 0 Å². The van der Waals surface area contributed by atoms with Crippen LogP contribution in [0.3, 0.4) is 0 Å². The van der Waals surface area contributed by atoms with Crippen LogP contribution in [0.4, 0.5) is 0 Å². The Morgan fingerprint density at radius 1 is 1.27 bits per heavy atom. The van der Waals surface area contributed by atoms with Crippen LogP contribution in [0.1, 0.15) is 31.4 Å². The number of rotatable bonds is 5. The zero-order valence-electron chi connectivity index (χ0n) is 9.25. The van der Waals surface area contributed by atoms with Crippen LogP contribution in [0.15, 0.2) is 24.3 Å². The first-order valence-corrected chi connectivity index (χ1v) is 5.18. The quantitative estimate of drug-likeness (QED) is 0.752. The van der Waals surface area contributed by atoms with E-state index in [9.17, 15) is 4.79 Å². The summed E-state index contributed by atoms with van der Waals surface area (Å²) in [4.78, 5) is 15.5. The molecule has 0 saturated carbocycles.